The van der Waals surface area contributed by atoms with Crippen LogP contribution in [0.5, 0.6) is 0 Å². The Morgan fingerprint density at radius 1 is 1.36 bits per heavy atom. The molecule has 1 unspecified atom stereocenters. The Labute approximate surface area is 174 Å². The average Bonchev–Trinajstić information content (AvgIpc) is 2.61. The summed E-state index contributed by atoms with van der Waals surface area (Å²) in [5, 5.41) is 3.45. The first-order chi connectivity index (χ1) is 11.8. The van der Waals surface area contributed by atoms with Crippen LogP contribution in [0.3, 0.4) is 0 Å². The second kappa shape index (κ2) is 12.8. The van der Waals surface area contributed by atoms with E-state index in [1.54, 1.807) is 0 Å². The lowest BCUT2D eigenvalue weighted by atomic mass is 10.0. The van der Waals surface area contributed by atoms with Crippen LogP contribution in [0.1, 0.15) is 37.0 Å². The number of guanidine groups is 1. The summed E-state index contributed by atoms with van der Waals surface area (Å²) in [5.74, 6) is 2.25. The number of rotatable bonds is 7. The fraction of sp³-hybridized carbons (Fsp3) is 0.632. The molecule has 25 heavy (non-hydrogen) atoms. The molecule has 0 radical (unpaired) electrons. The minimum atomic E-state index is 0. The van der Waals surface area contributed by atoms with E-state index in [0.717, 1.165) is 45.2 Å². The minimum absolute atomic E-state index is 0. The van der Waals surface area contributed by atoms with Gasteiger partial charge in [0.1, 0.15) is 6.10 Å². The Morgan fingerprint density at radius 3 is 2.88 bits per heavy atom. The number of benzene rings is 1. The maximum Gasteiger partial charge on any atom is 0.194 e. The monoisotopic (exact) mass is 477 g/mol. The third kappa shape index (κ3) is 7.35. The number of hydrogen-bond acceptors (Lipinski definition) is 3. The molecule has 1 fully saturated rings. The van der Waals surface area contributed by atoms with Crippen LogP contribution in [0, 0.1) is 6.92 Å². The van der Waals surface area contributed by atoms with Crippen molar-refractivity contribution < 1.29 is 4.74 Å². The predicted molar refractivity (Wildman–Crippen MR) is 120 cm³/mol. The fourth-order valence-electron chi connectivity index (χ4n) is 2.95. The molecule has 4 nitrogen and oxygen atoms in total. The zero-order valence-corrected chi connectivity index (χ0v) is 18.8. The maximum absolute atomic E-state index is 6.03. The van der Waals surface area contributed by atoms with Crippen molar-refractivity contribution in [3.05, 3.63) is 35.4 Å². The molecule has 0 bridgehead atoms. The number of morpholine rings is 1. The molecule has 1 aromatic carbocycles. The molecule has 2 rings (SSSR count). The smallest absolute Gasteiger partial charge is 0.194 e. The zero-order valence-electron chi connectivity index (χ0n) is 15.7. The zero-order chi connectivity index (χ0) is 17.2. The Hall–Kier alpha value is -0.470. The lowest BCUT2D eigenvalue weighted by Crippen LogP contribution is -2.48. The van der Waals surface area contributed by atoms with Crippen LogP contribution in [0.15, 0.2) is 29.3 Å². The molecule has 0 aromatic heterocycles. The number of unbranched alkanes of at least 4 members (excludes halogenated alkanes) is 1. The molecule has 1 aromatic rings. The van der Waals surface area contributed by atoms with Crippen LogP contribution in [0.2, 0.25) is 0 Å². The molecule has 1 saturated heterocycles. The Morgan fingerprint density at radius 2 is 2.16 bits per heavy atom. The summed E-state index contributed by atoms with van der Waals surface area (Å²) in [6, 6.07) is 8.51. The molecule has 0 amide bonds. The van der Waals surface area contributed by atoms with Crippen molar-refractivity contribution in [1.82, 2.24) is 10.2 Å². The fourth-order valence-corrected chi connectivity index (χ4v) is 3.44. The largest absolute Gasteiger partial charge is 0.370 e. The minimum Gasteiger partial charge on any atom is -0.370 e. The number of aliphatic imine (C=N–C) groups is 1. The van der Waals surface area contributed by atoms with E-state index in [1.165, 1.54) is 23.3 Å². The van der Waals surface area contributed by atoms with E-state index in [4.69, 9.17) is 9.73 Å². The van der Waals surface area contributed by atoms with Crippen LogP contribution in [0.4, 0.5) is 0 Å². The van der Waals surface area contributed by atoms with Gasteiger partial charge >= 0.3 is 0 Å². The highest BCUT2D eigenvalue weighted by molar-refractivity contribution is 14.0. The van der Waals surface area contributed by atoms with Crippen molar-refractivity contribution in [2.75, 3.05) is 44.8 Å². The number of aryl methyl sites for hydroxylation is 1. The Bertz CT molecular complexity index is 527. The van der Waals surface area contributed by atoms with E-state index in [2.05, 4.69) is 54.6 Å². The van der Waals surface area contributed by atoms with E-state index in [9.17, 15) is 0 Å². The summed E-state index contributed by atoms with van der Waals surface area (Å²) in [5.41, 5.74) is 2.58. The van der Waals surface area contributed by atoms with Gasteiger partial charge in [-0.05, 0) is 49.8 Å². The number of nitrogens with one attached hydrogen (secondary N) is 1. The molecule has 1 aliphatic heterocycles. The van der Waals surface area contributed by atoms with E-state index in [1.807, 2.05) is 11.8 Å². The van der Waals surface area contributed by atoms with Crippen LogP contribution >= 0.6 is 35.7 Å². The van der Waals surface area contributed by atoms with Gasteiger partial charge < -0.3 is 15.0 Å². The molecule has 0 spiro atoms. The third-order valence-corrected chi connectivity index (χ3v) is 4.95. The quantitative estimate of drug-likeness (QED) is 0.278. The second-order valence-corrected chi connectivity index (χ2v) is 7.08. The van der Waals surface area contributed by atoms with Gasteiger partial charge in [0.2, 0.25) is 0 Å². The number of halogens is 1. The van der Waals surface area contributed by atoms with Crippen LogP contribution in [-0.2, 0) is 4.74 Å². The molecule has 1 aliphatic rings. The van der Waals surface area contributed by atoms with E-state index in [0.29, 0.717) is 0 Å². The highest BCUT2D eigenvalue weighted by atomic mass is 127. The summed E-state index contributed by atoms with van der Waals surface area (Å²) < 4.78 is 6.03. The van der Waals surface area contributed by atoms with E-state index >= 15 is 0 Å². The Balaban J connectivity index is 0.00000312. The summed E-state index contributed by atoms with van der Waals surface area (Å²) in [4.78, 5) is 7.17. The Kier molecular flexibility index (Phi) is 11.6. The maximum atomic E-state index is 6.03. The van der Waals surface area contributed by atoms with Crippen molar-refractivity contribution >= 4 is 41.7 Å². The summed E-state index contributed by atoms with van der Waals surface area (Å²) >= 11 is 1.91. The van der Waals surface area contributed by atoms with Crippen molar-refractivity contribution in [2.24, 2.45) is 4.99 Å². The third-order valence-electron chi connectivity index (χ3n) is 4.25. The van der Waals surface area contributed by atoms with Gasteiger partial charge in [-0.1, -0.05) is 24.3 Å². The molecule has 1 heterocycles. The molecule has 142 valence electrons. The summed E-state index contributed by atoms with van der Waals surface area (Å²) in [6.07, 6.45) is 4.67. The predicted octanol–water partition coefficient (Wildman–Crippen LogP) is 4.10. The highest BCUT2D eigenvalue weighted by Crippen LogP contribution is 2.24. The van der Waals surface area contributed by atoms with Gasteiger partial charge in [-0.3, -0.25) is 4.99 Å². The number of hydrogen-bond donors (Lipinski definition) is 1. The SMILES string of the molecule is CCNC(=NCCCCSC)N1CCOC(c2ccccc2C)C1.I. The first-order valence-electron chi connectivity index (χ1n) is 8.95. The van der Waals surface area contributed by atoms with Crippen molar-refractivity contribution in [3.63, 3.8) is 0 Å². The molecule has 6 heteroatoms. The molecule has 1 atom stereocenters. The molecular weight excluding hydrogens is 445 g/mol. The topological polar surface area (TPSA) is 36.9 Å². The van der Waals surface area contributed by atoms with E-state index < -0.39 is 0 Å². The lowest BCUT2D eigenvalue weighted by molar-refractivity contribution is -0.00832. The first kappa shape index (κ1) is 22.6. The summed E-state index contributed by atoms with van der Waals surface area (Å²) in [7, 11) is 0. The second-order valence-electron chi connectivity index (χ2n) is 6.10. The highest BCUT2D eigenvalue weighted by Gasteiger charge is 2.24. The molecule has 1 N–H and O–H groups in total. The van der Waals surface area contributed by atoms with Crippen molar-refractivity contribution in [3.8, 4) is 0 Å². The van der Waals surface area contributed by atoms with E-state index in [-0.39, 0.29) is 30.1 Å². The van der Waals surface area contributed by atoms with Gasteiger partial charge in [-0.15, -0.1) is 24.0 Å². The van der Waals surface area contributed by atoms with Gasteiger partial charge in [0.05, 0.1) is 13.2 Å². The average molecular weight is 477 g/mol. The van der Waals surface area contributed by atoms with Crippen LogP contribution < -0.4 is 5.32 Å². The first-order valence-corrected chi connectivity index (χ1v) is 10.3. The normalized spacial score (nSPS) is 18.0. The van der Waals surface area contributed by atoms with Gasteiger partial charge in [0, 0.05) is 19.6 Å². The lowest BCUT2D eigenvalue weighted by Gasteiger charge is -2.35. The number of nitrogens with zero attached hydrogens (tertiary/aromatic N) is 2. The van der Waals surface area contributed by atoms with Gasteiger partial charge in [-0.25, -0.2) is 0 Å². The van der Waals surface area contributed by atoms with Crippen molar-refractivity contribution in [2.45, 2.75) is 32.8 Å². The molecular formula is C19H32IN3OS. The van der Waals surface area contributed by atoms with Gasteiger partial charge in [0.25, 0.3) is 0 Å². The van der Waals surface area contributed by atoms with Crippen LogP contribution in [-0.4, -0.2) is 55.7 Å². The number of thioether (sulfide) groups is 1. The van der Waals surface area contributed by atoms with Crippen molar-refractivity contribution in [1.29, 1.82) is 0 Å². The van der Waals surface area contributed by atoms with Gasteiger partial charge in [0.15, 0.2) is 5.96 Å². The van der Waals surface area contributed by atoms with Gasteiger partial charge in [-0.2, -0.15) is 11.8 Å². The number of ether oxygens (including phenoxy) is 1. The summed E-state index contributed by atoms with van der Waals surface area (Å²) in [6.45, 7) is 8.59. The standard InChI is InChI=1S/C19H31N3OS.HI/c1-4-20-19(21-11-7-8-14-24-3)22-12-13-23-18(15-22)17-10-6-5-9-16(17)2;/h5-6,9-10,18H,4,7-8,11-15H2,1-3H3,(H,20,21);1H. The molecule has 0 aliphatic carbocycles. The molecule has 0 saturated carbocycles. The van der Waals surface area contributed by atoms with Crippen LogP contribution in [0.25, 0.3) is 0 Å².